The molecule has 28 heavy (non-hydrogen) atoms. The van der Waals surface area contributed by atoms with E-state index in [1.54, 1.807) is 31.3 Å². The third-order valence-electron chi connectivity index (χ3n) is 4.74. The highest BCUT2D eigenvalue weighted by Crippen LogP contribution is 2.49. The number of fused-ring (bicyclic) bond motifs is 1. The first-order valence-electron chi connectivity index (χ1n) is 8.58. The van der Waals surface area contributed by atoms with Crippen LogP contribution in [0.15, 0.2) is 24.3 Å². The van der Waals surface area contributed by atoms with Gasteiger partial charge in [-0.25, -0.2) is 0 Å². The van der Waals surface area contributed by atoms with Crippen molar-refractivity contribution in [3.63, 3.8) is 0 Å². The van der Waals surface area contributed by atoms with Gasteiger partial charge in [-0.3, -0.25) is 10.1 Å². The molecule has 0 spiro atoms. The van der Waals surface area contributed by atoms with Crippen molar-refractivity contribution in [2.24, 2.45) is 0 Å². The van der Waals surface area contributed by atoms with Crippen LogP contribution in [0.4, 0.5) is 0 Å². The molecule has 0 aromatic heterocycles. The molecule has 0 fully saturated rings. The van der Waals surface area contributed by atoms with Crippen LogP contribution >= 0.6 is 0 Å². The molecule has 0 saturated carbocycles. The summed E-state index contributed by atoms with van der Waals surface area (Å²) in [5, 5.41) is 13.4. The van der Waals surface area contributed by atoms with Gasteiger partial charge in [-0.15, -0.1) is 0 Å². The summed E-state index contributed by atoms with van der Waals surface area (Å²) in [5.74, 6) is 0.615. The number of benzene rings is 2. The van der Waals surface area contributed by atoms with Gasteiger partial charge in [-0.05, 0) is 25.2 Å². The molecule has 0 amide bonds. The second-order valence-electron chi connectivity index (χ2n) is 6.12. The lowest BCUT2D eigenvalue weighted by atomic mass is 9.89. The summed E-state index contributed by atoms with van der Waals surface area (Å²) in [7, 11) is 7.60. The smallest absolute Gasteiger partial charge is 0.203 e. The minimum atomic E-state index is -0.681. The van der Waals surface area contributed by atoms with E-state index in [1.807, 2.05) is 0 Å². The molecule has 0 radical (unpaired) electrons. The molecule has 2 atom stereocenters. The van der Waals surface area contributed by atoms with Crippen LogP contribution in [0.3, 0.4) is 0 Å². The van der Waals surface area contributed by atoms with Crippen LogP contribution in [0.1, 0.15) is 21.8 Å². The van der Waals surface area contributed by atoms with Crippen molar-refractivity contribution in [1.29, 1.82) is 0 Å². The van der Waals surface area contributed by atoms with Gasteiger partial charge < -0.3 is 28.8 Å². The Morgan fingerprint density at radius 1 is 1.00 bits per heavy atom. The van der Waals surface area contributed by atoms with Crippen LogP contribution in [0.5, 0.6) is 34.5 Å². The minimum Gasteiger partial charge on any atom is -0.502 e. The molecule has 2 unspecified atom stereocenters. The molecule has 1 aliphatic rings. The van der Waals surface area contributed by atoms with Crippen molar-refractivity contribution in [2.75, 3.05) is 35.5 Å². The number of phenolic OH excluding ortho intramolecular Hbond substituents is 1. The molecule has 1 aliphatic heterocycles. The Hall–Kier alpha value is -3.13. The molecule has 150 valence electrons. The van der Waals surface area contributed by atoms with E-state index < -0.39 is 12.1 Å². The molecule has 8 nitrogen and oxygen atoms in total. The number of carbonyl (C=O) groups excluding carboxylic acids is 1. The Morgan fingerprint density at radius 3 is 2.11 bits per heavy atom. The second-order valence-corrected chi connectivity index (χ2v) is 6.12. The quantitative estimate of drug-likeness (QED) is 0.697. The molecule has 0 aliphatic carbocycles. The molecule has 8 heteroatoms. The van der Waals surface area contributed by atoms with Gasteiger partial charge in [0.2, 0.25) is 11.5 Å². The zero-order valence-corrected chi connectivity index (χ0v) is 16.4. The lowest BCUT2D eigenvalue weighted by Gasteiger charge is -2.19. The molecule has 0 bridgehead atoms. The normalized spacial score (nSPS) is 17.5. The fourth-order valence-electron chi connectivity index (χ4n) is 3.37. The number of aromatic hydroxyl groups is 1. The van der Waals surface area contributed by atoms with Crippen LogP contribution in [0, 0.1) is 0 Å². The van der Waals surface area contributed by atoms with E-state index in [0.29, 0.717) is 28.4 Å². The fraction of sp³-hybridized carbons (Fsp3) is 0.350. The standard InChI is InChI=1S/C20H23NO7/c1-21-20-15(11-6-7-12(24-2)17(23)18(11)28-20)16(22)10-8-13(25-3)19(27-5)14(9-10)26-4/h6-9,15,20-21,23H,1-5H3. The number of Topliss-reactive ketones (excluding diaryl/α,β-unsaturated/α-hetero) is 1. The molecule has 0 saturated heterocycles. The van der Waals surface area contributed by atoms with Gasteiger partial charge in [-0.1, -0.05) is 6.07 Å². The lowest BCUT2D eigenvalue weighted by Crippen LogP contribution is -2.36. The monoisotopic (exact) mass is 389 g/mol. The maximum Gasteiger partial charge on any atom is 0.203 e. The van der Waals surface area contributed by atoms with Crippen LogP contribution < -0.4 is 29.0 Å². The number of ether oxygens (including phenoxy) is 5. The van der Waals surface area contributed by atoms with Crippen molar-refractivity contribution < 1.29 is 33.6 Å². The number of rotatable bonds is 7. The molecule has 1 heterocycles. The maximum atomic E-state index is 13.4. The number of nitrogens with one attached hydrogen (secondary N) is 1. The fourth-order valence-corrected chi connectivity index (χ4v) is 3.37. The third-order valence-corrected chi connectivity index (χ3v) is 4.74. The van der Waals surface area contributed by atoms with Crippen LogP contribution in [-0.2, 0) is 0 Å². The summed E-state index contributed by atoms with van der Waals surface area (Å²) >= 11 is 0. The maximum absolute atomic E-state index is 13.4. The Labute approximate surface area is 162 Å². The van der Waals surface area contributed by atoms with E-state index in [1.165, 1.54) is 28.4 Å². The number of methoxy groups -OCH3 is 4. The van der Waals surface area contributed by atoms with E-state index in [2.05, 4.69) is 5.32 Å². The average molecular weight is 389 g/mol. The molecular weight excluding hydrogens is 366 g/mol. The summed E-state index contributed by atoms with van der Waals surface area (Å²) in [6, 6.07) is 6.51. The van der Waals surface area contributed by atoms with Gasteiger partial charge in [0.1, 0.15) is 5.92 Å². The topological polar surface area (TPSA) is 95.5 Å². The molecular formula is C20H23NO7. The highest BCUT2D eigenvalue weighted by Gasteiger charge is 2.41. The lowest BCUT2D eigenvalue weighted by molar-refractivity contribution is 0.0868. The predicted octanol–water partition coefficient (Wildman–Crippen LogP) is 2.33. The third kappa shape index (κ3) is 3.05. The Morgan fingerprint density at radius 2 is 1.61 bits per heavy atom. The average Bonchev–Trinajstić information content (AvgIpc) is 3.11. The van der Waals surface area contributed by atoms with Gasteiger partial charge in [0.25, 0.3) is 0 Å². The van der Waals surface area contributed by atoms with Crippen molar-refractivity contribution in [2.45, 2.75) is 12.1 Å². The predicted molar refractivity (Wildman–Crippen MR) is 101 cm³/mol. The highest BCUT2D eigenvalue weighted by molar-refractivity contribution is 6.03. The molecule has 2 aromatic rings. The zero-order chi connectivity index (χ0) is 20.4. The second kappa shape index (κ2) is 7.85. The number of hydrogen-bond acceptors (Lipinski definition) is 8. The first kappa shape index (κ1) is 19.6. The number of likely N-dealkylation sites (N-methyl/N-ethyl adjacent to an activating group) is 1. The van der Waals surface area contributed by atoms with E-state index >= 15 is 0 Å². The summed E-state index contributed by atoms with van der Waals surface area (Å²) in [5.41, 5.74) is 0.933. The molecule has 2 N–H and O–H groups in total. The van der Waals surface area contributed by atoms with Gasteiger partial charge in [-0.2, -0.15) is 0 Å². The SMILES string of the molecule is CNC1Oc2c(ccc(OC)c2O)C1C(=O)c1cc(OC)c(OC)c(OC)c1. The van der Waals surface area contributed by atoms with Gasteiger partial charge >= 0.3 is 0 Å². The van der Waals surface area contributed by atoms with Crippen LogP contribution in [-0.4, -0.2) is 52.6 Å². The Kier molecular flexibility index (Phi) is 5.51. The summed E-state index contributed by atoms with van der Waals surface area (Å²) < 4.78 is 26.9. The zero-order valence-electron chi connectivity index (χ0n) is 16.4. The summed E-state index contributed by atoms with van der Waals surface area (Å²) in [6.45, 7) is 0. The number of hydrogen-bond donors (Lipinski definition) is 2. The summed E-state index contributed by atoms with van der Waals surface area (Å²) in [4.78, 5) is 13.4. The van der Waals surface area contributed by atoms with E-state index in [0.717, 1.165) is 0 Å². The van der Waals surface area contributed by atoms with E-state index in [4.69, 9.17) is 23.7 Å². The number of phenols is 1. The van der Waals surface area contributed by atoms with Crippen molar-refractivity contribution >= 4 is 5.78 Å². The Balaban J connectivity index is 2.09. The first-order valence-corrected chi connectivity index (χ1v) is 8.58. The van der Waals surface area contributed by atoms with Crippen molar-refractivity contribution in [1.82, 2.24) is 5.32 Å². The van der Waals surface area contributed by atoms with Crippen molar-refractivity contribution in [3.8, 4) is 34.5 Å². The largest absolute Gasteiger partial charge is 0.502 e. The van der Waals surface area contributed by atoms with Gasteiger partial charge in [0.15, 0.2) is 35.0 Å². The van der Waals surface area contributed by atoms with Gasteiger partial charge in [0.05, 0.1) is 28.4 Å². The highest BCUT2D eigenvalue weighted by atomic mass is 16.5. The first-order chi connectivity index (χ1) is 13.5. The van der Waals surface area contributed by atoms with Crippen LogP contribution in [0.2, 0.25) is 0 Å². The number of carbonyl (C=O) groups is 1. The Bertz CT molecular complexity index is 871. The molecule has 2 aromatic carbocycles. The molecule has 3 rings (SSSR count). The van der Waals surface area contributed by atoms with Crippen molar-refractivity contribution in [3.05, 3.63) is 35.4 Å². The van der Waals surface area contributed by atoms with Crippen LogP contribution in [0.25, 0.3) is 0 Å². The van der Waals surface area contributed by atoms with E-state index in [9.17, 15) is 9.90 Å². The van der Waals surface area contributed by atoms with E-state index in [-0.39, 0.29) is 23.0 Å². The number of ketones is 1. The van der Waals surface area contributed by atoms with Gasteiger partial charge in [0, 0.05) is 11.1 Å². The minimum absolute atomic E-state index is 0.138. The summed E-state index contributed by atoms with van der Waals surface area (Å²) in [6.07, 6.45) is -0.653.